The third-order valence-electron chi connectivity index (χ3n) is 6.98. The number of nitrogens with zero attached hydrogens (tertiary/aromatic N) is 3. The molecule has 172 valence electrons. The maximum Gasteiger partial charge on any atom is 0.255 e. The number of hydrogen-bond donors (Lipinski definition) is 2. The first-order chi connectivity index (χ1) is 15.7. The van der Waals surface area contributed by atoms with Crippen LogP contribution in [0.5, 0.6) is 0 Å². The molecule has 2 unspecified atom stereocenters. The van der Waals surface area contributed by atoms with Gasteiger partial charge in [0.25, 0.3) is 5.91 Å². The van der Waals surface area contributed by atoms with Gasteiger partial charge in [-0.1, -0.05) is 6.07 Å². The topological polar surface area (TPSA) is 103 Å². The summed E-state index contributed by atoms with van der Waals surface area (Å²) in [4.78, 5) is 45.0. The molecule has 0 aliphatic carbocycles. The molecule has 2 atom stereocenters. The Morgan fingerprint density at radius 3 is 2.67 bits per heavy atom. The van der Waals surface area contributed by atoms with E-state index in [1.54, 1.807) is 17.2 Å². The number of likely N-dealkylation sites (tertiary alicyclic amines) is 1. The van der Waals surface area contributed by atoms with Gasteiger partial charge in [-0.15, -0.1) is 0 Å². The quantitative estimate of drug-likeness (QED) is 0.677. The van der Waals surface area contributed by atoms with Gasteiger partial charge < -0.3 is 10.0 Å². The fraction of sp³-hybridized carbons (Fsp3) is 0.440. The molecular formula is C25H28N4O4. The van der Waals surface area contributed by atoms with Gasteiger partial charge in [-0.3, -0.25) is 29.6 Å². The number of hydrogen-bond acceptors (Lipinski definition) is 6. The molecule has 2 aromatic rings. The first kappa shape index (κ1) is 21.7. The van der Waals surface area contributed by atoms with Crippen LogP contribution in [-0.4, -0.2) is 61.8 Å². The number of benzene rings is 1. The van der Waals surface area contributed by atoms with Crippen molar-refractivity contribution < 1.29 is 19.5 Å². The molecule has 0 spiro atoms. The summed E-state index contributed by atoms with van der Waals surface area (Å²) in [5.41, 5.74) is 3.58. The van der Waals surface area contributed by atoms with E-state index in [1.807, 2.05) is 32.0 Å². The molecule has 3 aliphatic heterocycles. The Bertz CT molecular complexity index is 1140. The van der Waals surface area contributed by atoms with Gasteiger partial charge in [0.15, 0.2) is 0 Å². The highest BCUT2D eigenvalue weighted by molar-refractivity contribution is 6.05. The Hall–Kier alpha value is -3.10. The number of aromatic nitrogens is 1. The van der Waals surface area contributed by atoms with Crippen LogP contribution in [0.2, 0.25) is 0 Å². The maximum atomic E-state index is 12.9. The molecule has 8 nitrogen and oxygen atoms in total. The average molecular weight is 449 g/mol. The zero-order chi connectivity index (χ0) is 23.3. The van der Waals surface area contributed by atoms with Crippen molar-refractivity contribution in [1.82, 2.24) is 20.1 Å². The van der Waals surface area contributed by atoms with Crippen molar-refractivity contribution in [2.75, 3.05) is 6.54 Å². The first-order valence-corrected chi connectivity index (χ1v) is 11.4. The number of aliphatic hydroxyl groups is 1. The summed E-state index contributed by atoms with van der Waals surface area (Å²) < 4.78 is 0. The number of carbonyl (C=O) groups excluding carboxylic acids is 3. The smallest absolute Gasteiger partial charge is 0.255 e. The van der Waals surface area contributed by atoms with Crippen LogP contribution in [-0.2, 0) is 22.7 Å². The zero-order valence-corrected chi connectivity index (χ0v) is 18.9. The van der Waals surface area contributed by atoms with Crippen LogP contribution < -0.4 is 5.32 Å². The number of pyridine rings is 1. The molecule has 1 aromatic carbocycles. The van der Waals surface area contributed by atoms with E-state index >= 15 is 0 Å². The molecule has 2 saturated heterocycles. The minimum absolute atomic E-state index is 0.151. The summed E-state index contributed by atoms with van der Waals surface area (Å²) in [5.74, 6) is -0.874. The van der Waals surface area contributed by atoms with Gasteiger partial charge in [0.05, 0.1) is 11.3 Å². The van der Waals surface area contributed by atoms with Crippen LogP contribution in [0, 0.1) is 0 Å². The molecule has 2 fully saturated rings. The number of amides is 3. The van der Waals surface area contributed by atoms with Crippen LogP contribution in [0.1, 0.15) is 54.6 Å². The van der Waals surface area contributed by atoms with Gasteiger partial charge in [0, 0.05) is 49.4 Å². The van der Waals surface area contributed by atoms with E-state index in [0.29, 0.717) is 18.5 Å². The van der Waals surface area contributed by atoms with Gasteiger partial charge in [0.2, 0.25) is 11.8 Å². The molecule has 3 aliphatic rings. The Morgan fingerprint density at radius 2 is 1.97 bits per heavy atom. The summed E-state index contributed by atoms with van der Waals surface area (Å²) in [7, 11) is 0. The van der Waals surface area contributed by atoms with Crippen molar-refractivity contribution in [2.24, 2.45) is 0 Å². The second-order valence-electron chi connectivity index (χ2n) is 9.75. The second-order valence-corrected chi connectivity index (χ2v) is 9.75. The fourth-order valence-electron chi connectivity index (χ4n) is 5.13. The molecule has 0 saturated carbocycles. The molecule has 0 bridgehead atoms. The van der Waals surface area contributed by atoms with Gasteiger partial charge in [-0.05, 0) is 62.1 Å². The van der Waals surface area contributed by atoms with Gasteiger partial charge >= 0.3 is 0 Å². The van der Waals surface area contributed by atoms with E-state index in [4.69, 9.17) is 0 Å². The number of fused-ring (bicyclic) bond motifs is 1. The second kappa shape index (κ2) is 8.04. The third kappa shape index (κ3) is 4.05. The molecule has 8 heteroatoms. The molecular weight excluding hydrogens is 420 g/mol. The minimum atomic E-state index is -0.727. The van der Waals surface area contributed by atoms with Gasteiger partial charge in [-0.2, -0.15) is 0 Å². The fourth-order valence-corrected chi connectivity index (χ4v) is 5.13. The van der Waals surface area contributed by atoms with Gasteiger partial charge in [0.1, 0.15) is 6.04 Å². The Labute approximate surface area is 192 Å². The number of nitrogens with one attached hydrogen (secondary N) is 1. The summed E-state index contributed by atoms with van der Waals surface area (Å²) in [6.45, 7) is 5.76. The Kier molecular flexibility index (Phi) is 5.29. The van der Waals surface area contributed by atoms with E-state index in [1.165, 1.54) is 0 Å². The number of rotatable bonds is 5. The largest absolute Gasteiger partial charge is 0.389 e. The van der Waals surface area contributed by atoms with E-state index in [-0.39, 0.29) is 24.3 Å². The summed E-state index contributed by atoms with van der Waals surface area (Å²) >= 11 is 0. The third-order valence-corrected chi connectivity index (χ3v) is 6.98. The van der Waals surface area contributed by atoms with E-state index < -0.39 is 17.6 Å². The van der Waals surface area contributed by atoms with Crippen molar-refractivity contribution in [3.63, 3.8) is 0 Å². The van der Waals surface area contributed by atoms with Crippen LogP contribution in [0.4, 0.5) is 0 Å². The Morgan fingerprint density at radius 1 is 1.15 bits per heavy atom. The average Bonchev–Trinajstić information content (AvgIpc) is 3.06. The number of imide groups is 1. The number of carbonyl (C=O) groups is 3. The van der Waals surface area contributed by atoms with E-state index in [2.05, 4.69) is 21.3 Å². The summed E-state index contributed by atoms with van der Waals surface area (Å²) in [6, 6.07) is 9.23. The van der Waals surface area contributed by atoms with Crippen molar-refractivity contribution in [1.29, 1.82) is 0 Å². The highest BCUT2D eigenvalue weighted by Crippen LogP contribution is 2.32. The van der Waals surface area contributed by atoms with Crippen molar-refractivity contribution in [2.45, 2.75) is 63.9 Å². The highest BCUT2D eigenvalue weighted by atomic mass is 16.3. The molecule has 33 heavy (non-hydrogen) atoms. The van der Waals surface area contributed by atoms with Crippen molar-refractivity contribution in [3.8, 4) is 11.3 Å². The predicted octanol–water partition coefficient (Wildman–Crippen LogP) is 1.85. The molecule has 4 heterocycles. The van der Waals surface area contributed by atoms with Crippen LogP contribution in [0.15, 0.2) is 36.5 Å². The van der Waals surface area contributed by atoms with E-state index in [0.717, 1.165) is 41.9 Å². The molecule has 2 N–H and O–H groups in total. The first-order valence-electron chi connectivity index (χ1n) is 11.4. The monoisotopic (exact) mass is 448 g/mol. The van der Waals surface area contributed by atoms with Crippen molar-refractivity contribution in [3.05, 3.63) is 53.2 Å². The molecule has 1 aromatic heterocycles. The zero-order valence-electron chi connectivity index (χ0n) is 18.9. The number of piperidine rings is 1. The lowest BCUT2D eigenvalue weighted by Crippen LogP contribution is -2.57. The van der Waals surface area contributed by atoms with E-state index in [9.17, 15) is 19.5 Å². The highest BCUT2D eigenvalue weighted by Gasteiger charge is 2.40. The van der Waals surface area contributed by atoms with Crippen LogP contribution in [0.25, 0.3) is 11.3 Å². The van der Waals surface area contributed by atoms with Crippen LogP contribution in [0.3, 0.4) is 0 Å². The standard InChI is InChI=1S/C25H28N4O4/c1-25(2,33)21-8-10-28(21)13-15-7-9-26-19(11-15)16-3-4-18-17(12-16)14-29(24(18)32)20-5-6-22(30)27-23(20)31/h3-4,7,9,11-12,20-21,33H,5-6,8,10,13-14H2,1-2H3,(H,27,30,31). The molecule has 5 rings (SSSR count). The lowest BCUT2D eigenvalue weighted by atomic mass is 9.87. The summed E-state index contributed by atoms with van der Waals surface area (Å²) in [5, 5.41) is 12.7. The lowest BCUT2D eigenvalue weighted by Gasteiger charge is -2.47. The predicted molar refractivity (Wildman–Crippen MR) is 121 cm³/mol. The van der Waals surface area contributed by atoms with Gasteiger partial charge in [-0.25, -0.2) is 0 Å². The molecule has 0 radical (unpaired) electrons. The minimum Gasteiger partial charge on any atom is -0.389 e. The SMILES string of the molecule is CC(C)(O)C1CCN1Cc1ccnc(-c2ccc3c(c2)CN(C2CCC(=O)NC2=O)C3=O)c1. The van der Waals surface area contributed by atoms with Crippen molar-refractivity contribution >= 4 is 17.7 Å². The Balaban J connectivity index is 1.34. The summed E-state index contributed by atoms with van der Waals surface area (Å²) in [6.07, 6.45) is 3.37. The maximum absolute atomic E-state index is 12.9. The molecule has 3 amide bonds. The normalized spacial score (nSPS) is 23.4. The lowest BCUT2D eigenvalue weighted by molar-refractivity contribution is -0.136. The van der Waals surface area contributed by atoms with Crippen LogP contribution >= 0.6 is 0 Å².